The van der Waals surface area contributed by atoms with Crippen LogP contribution in [0.25, 0.3) is 0 Å². The first-order valence-electron chi connectivity index (χ1n) is 7.67. The molecule has 0 radical (unpaired) electrons. The minimum Gasteiger partial charge on any atom is -0.327 e. The van der Waals surface area contributed by atoms with Crippen LogP contribution < -0.4 is 5.73 Å². The van der Waals surface area contributed by atoms with E-state index in [0.29, 0.717) is 12.0 Å². The molecule has 2 rings (SSSR count). The number of benzene rings is 1. The number of nitrogens with two attached hydrogens (primary N) is 1. The van der Waals surface area contributed by atoms with Crippen LogP contribution in [0.4, 0.5) is 0 Å². The van der Waals surface area contributed by atoms with Gasteiger partial charge in [0.25, 0.3) is 0 Å². The van der Waals surface area contributed by atoms with Crippen molar-refractivity contribution < 1.29 is 0 Å². The minimum atomic E-state index is 0.363. The van der Waals surface area contributed by atoms with E-state index in [4.69, 9.17) is 5.73 Å². The molecule has 2 unspecified atom stereocenters. The van der Waals surface area contributed by atoms with E-state index >= 15 is 0 Å². The molecule has 1 aliphatic rings. The molecular weight excluding hydrogens is 232 g/mol. The number of piperidine rings is 1. The van der Waals surface area contributed by atoms with Crippen LogP contribution in [0.15, 0.2) is 30.3 Å². The lowest BCUT2D eigenvalue weighted by atomic mass is 9.87. The second-order valence-corrected chi connectivity index (χ2v) is 6.37. The Hall–Kier alpha value is -0.860. The van der Waals surface area contributed by atoms with Crippen LogP contribution in [0.3, 0.4) is 0 Å². The number of nitrogens with zero attached hydrogens (tertiary/aromatic N) is 1. The van der Waals surface area contributed by atoms with Gasteiger partial charge in [-0.3, -0.25) is 4.90 Å². The highest BCUT2D eigenvalue weighted by Crippen LogP contribution is 2.23. The molecule has 1 saturated heterocycles. The molecule has 2 atom stereocenters. The first kappa shape index (κ1) is 14.5. The average molecular weight is 260 g/mol. The van der Waals surface area contributed by atoms with Gasteiger partial charge in [-0.25, -0.2) is 0 Å². The lowest BCUT2D eigenvalue weighted by Crippen LogP contribution is -2.38. The Morgan fingerprint density at radius 1 is 1.26 bits per heavy atom. The summed E-state index contributed by atoms with van der Waals surface area (Å²) in [6.45, 7) is 8.01. The van der Waals surface area contributed by atoms with Crippen molar-refractivity contribution in [2.45, 2.75) is 45.7 Å². The molecule has 2 N–H and O–H groups in total. The summed E-state index contributed by atoms with van der Waals surface area (Å²) in [6.07, 6.45) is 3.86. The van der Waals surface area contributed by atoms with Crippen LogP contribution in [-0.4, -0.2) is 24.0 Å². The summed E-state index contributed by atoms with van der Waals surface area (Å²) in [5.41, 5.74) is 7.65. The van der Waals surface area contributed by atoms with Crippen LogP contribution in [0.1, 0.15) is 38.7 Å². The quantitative estimate of drug-likeness (QED) is 0.880. The number of hydrogen-bond acceptors (Lipinski definition) is 2. The first-order chi connectivity index (χ1) is 9.15. The molecule has 1 aromatic rings. The maximum Gasteiger partial charge on any atom is 0.0233 e. The van der Waals surface area contributed by atoms with E-state index in [9.17, 15) is 0 Å². The maximum atomic E-state index is 6.23. The fourth-order valence-corrected chi connectivity index (χ4v) is 2.99. The van der Waals surface area contributed by atoms with Crippen molar-refractivity contribution in [2.75, 3.05) is 13.1 Å². The molecule has 0 amide bonds. The van der Waals surface area contributed by atoms with Crippen molar-refractivity contribution in [3.05, 3.63) is 35.9 Å². The molecule has 1 aliphatic heterocycles. The summed E-state index contributed by atoms with van der Waals surface area (Å²) < 4.78 is 0. The van der Waals surface area contributed by atoms with Gasteiger partial charge in [0.2, 0.25) is 0 Å². The molecule has 0 bridgehead atoms. The van der Waals surface area contributed by atoms with Crippen LogP contribution in [0.2, 0.25) is 0 Å². The van der Waals surface area contributed by atoms with Crippen molar-refractivity contribution in [1.82, 2.24) is 4.90 Å². The van der Waals surface area contributed by atoms with Gasteiger partial charge < -0.3 is 5.73 Å². The fraction of sp³-hybridized carbons (Fsp3) is 0.647. The molecule has 1 heterocycles. The summed E-state index contributed by atoms with van der Waals surface area (Å²) in [5.74, 6) is 1.39. The molecular formula is C17H28N2. The third-order valence-corrected chi connectivity index (χ3v) is 4.31. The van der Waals surface area contributed by atoms with Crippen molar-refractivity contribution in [2.24, 2.45) is 17.6 Å². The van der Waals surface area contributed by atoms with Crippen LogP contribution in [-0.2, 0) is 6.54 Å². The average Bonchev–Trinajstić information content (AvgIpc) is 2.40. The molecule has 106 valence electrons. The number of hydrogen-bond donors (Lipinski definition) is 1. The van der Waals surface area contributed by atoms with E-state index in [-0.39, 0.29) is 0 Å². The van der Waals surface area contributed by atoms with Gasteiger partial charge in [0.05, 0.1) is 0 Å². The van der Waals surface area contributed by atoms with Crippen LogP contribution >= 0.6 is 0 Å². The smallest absolute Gasteiger partial charge is 0.0233 e. The normalized spacial score (nSPS) is 22.6. The summed E-state index contributed by atoms with van der Waals surface area (Å²) in [6, 6.07) is 11.2. The zero-order chi connectivity index (χ0) is 13.7. The largest absolute Gasteiger partial charge is 0.327 e. The van der Waals surface area contributed by atoms with Gasteiger partial charge >= 0.3 is 0 Å². The SMILES string of the molecule is CC(C)C(N)CC1CCCN(Cc2ccccc2)C1. The van der Waals surface area contributed by atoms with Gasteiger partial charge in [0, 0.05) is 19.1 Å². The van der Waals surface area contributed by atoms with Gasteiger partial charge in [0.15, 0.2) is 0 Å². The summed E-state index contributed by atoms with van der Waals surface area (Å²) >= 11 is 0. The maximum absolute atomic E-state index is 6.23. The van der Waals surface area contributed by atoms with Crippen molar-refractivity contribution in [3.8, 4) is 0 Å². The molecule has 0 spiro atoms. The molecule has 0 aliphatic carbocycles. The lowest BCUT2D eigenvalue weighted by Gasteiger charge is -2.34. The number of likely N-dealkylation sites (tertiary alicyclic amines) is 1. The van der Waals surface area contributed by atoms with Gasteiger partial charge in [0.1, 0.15) is 0 Å². The second-order valence-electron chi connectivity index (χ2n) is 6.37. The van der Waals surface area contributed by atoms with Gasteiger partial charge in [-0.2, -0.15) is 0 Å². The van der Waals surface area contributed by atoms with Crippen molar-refractivity contribution in [3.63, 3.8) is 0 Å². The van der Waals surface area contributed by atoms with E-state index < -0.39 is 0 Å². The Bertz CT molecular complexity index is 361. The third-order valence-electron chi connectivity index (χ3n) is 4.31. The summed E-state index contributed by atoms with van der Waals surface area (Å²) in [4.78, 5) is 2.59. The highest BCUT2D eigenvalue weighted by molar-refractivity contribution is 5.14. The molecule has 2 heteroatoms. The fourth-order valence-electron chi connectivity index (χ4n) is 2.99. The topological polar surface area (TPSA) is 29.3 Å². The monoisotopic (exact) mass is 260 g/mol. The third kappa shape index (κ3) is 4.63. The molecule has 0 saturated carbocycles. The highest BCUT2D eigenvalue weighted by Gasteiger charge is 2.22. The predicted octanol–water partition coefficient (Wildman–Crippen LogP) is 3.27. The lowest BCUT2D eigenvalue weighted by molar-refractivity contribution is 0.152. The van der Waals surface area contributed by atoms with E-state index in [1.165, 1.54) is 37.9 Å². The zero-order valence-corrected chi connectivity index (χ0v) is 12.4. The standard InChI is InChI=1S/C17H28N2/c1-14(2)17(18)11-16-9-6-10-19(13-16)12-15-7-4-3-5-8-15/h3-5,7-8,14,16-17H,6,9-13,18H2,1-2H3. The Morgan fingerprint density at radius 3 is 2.68 bits per heavy atom. The Kier molecular flexibility index (Phi) is 5.41. The Morgan fingerprint density at radius 2 is 2.00 bits per heavy atom. The van der Waals surface area contributed by atoms with Crippen molar-refractivity contribution in [1.29, 1.82) is 0 Å². The van der Waals surface area contributed by atoms with E-state index in [2.05, 4.69) is 49.1 Å². The summed E-state index contributed by atoms with van der Waals surface area (Å²) in [5, 5.41) is 0. The highest BCUT2D eigenvalue weighted by atomic mass is 15.1. The second kappa shape index (κ2) is 7.06. The van der Waals surface area contributed by atoms with E-state index in [1.807, 2.05) is 0 Å². The molecule has 1 fully saturated rings. The molecule has 19 heavy (non-hydrogen) atoms. The molecule has 2 nitrogen and oxygen atoms in total. The van der Waals surface area contributed by atoms with Gasteiger partial charge in [-0.1, -0.05) is 44.2 Å². The van der Waals surface area contributed by atoms with Crippen molar-refractivity contribution >= 4 is 0 Å². The van der Waals surface area contributed by atoms with Crippen LogP contribution in [0, 0.1) is 11.8 Å². The predicted molar refractivity (Wildman–Crippen MR) is 81.9 cm³/mol. The van der Waals surface area contributed by atoms with E-state index in [1.54, 1.807) is 0 Å². The summed E-state index contributed by atoms with van der Waals surface area (Å²) in [7, 11) is 0. The Balaban J connectivity index is 1.83. The Labute approximate surface area is 118 Å². The number of rotatable bonds is 5. The van der Waals surface area contributed by atoms with Gasteiger partial charge in [-0.05, 0) is 43.2 Å². The van der Waals surface area contributed by atoms with Crippen LogP contribution in [0.5, 0.6) is 0 Å². The zero-order valence-electron chi connectivity index (χ0n) is 12.4. The minimum absolute atomic E-state index is 0.363. The van der Waals surface area contributed by atoms with E-state index in [0.717, 1.165) is 12.5 Å². The molecule has 1 aromatic carbocycles. The first-order valence-corrected chi connectivity index (χ1v) is 7.67. The molecule has 0 aromatic heterocycles. The van der Waals surface area contributed by atoms with Gasteiger partial charge in [-0.15, -0.1) is 0 Å².